The molecule has 15 heavy (non-hydrogen) atoms. The van der Waals surface area contributed by atoms with E-state index in [1.54, 1.807) is 16.6 Å². The van der Waals surface area contributed by atoms with Gasteiger partial charge in [0, 0.05) is 20.1 Å². The third-order valence-corrected chi connectivity index (χ3v) is 2.01. The molecule has 0 unspecified atom stereocenters. The summed E-state index contributed by atoms with van der Waals surface area (Å²) in [4.78, 5) is 5.53. The Morgan fingerprint density at radius 3 is 2.80 bits per heavy atom. The highest BCUT2D eigenvalue weighted by Crippen LogP contribution is 2.03. The third kappa shape index (κ3) is 3.88. The minimum absolute atomic E-state index is 0.288. The first-order valence-corrected chi connectivity index (χ1v) is 4.67. The molecule has 0 spiro atoms. The van der Waals surface area contributed by atoms with E-state index in [2.05, 4.69) is 10.1 Å². The molecule has 5 nitrogen and oxygen atoms in total. The minimum atomic E-state index is -2.36. The lowest BCUT2D eigenvalue weighted by molar-refractivity contribution is 0.0844. The van der Waals surface area contributed by atoms with E-state index in [1.807, 2.05) is 0 Å². The molecule has 0 aliphatic carbocycles. The van der Waals surface area contributed by atoms with Crippen LogP contribution in [-0.2, 0) is 13.6 Å². The lowest BCUT2D eigenvalue weighted by Crippen LogP contribution is -2.34. The Bertz CT molecular complexity index is 288. The standard InChI is InChI=1S/C8H15F2N5/c1-14-8(12-6-13-14)5-15(3-2-11)4-7(9)10/h6-7H,2-5,11H2,1H3. The van der Waals surface area contributed by atoms with E-state index in [9.17, 15) is 8.78 Å². The molecule has 0 saturated heterocycles. The first-order valence-electron chi connectivity index (χ1n) is 4.67. The number of hydrogen-bond donors (Lipinski definition) is 1. The molecule has 0 atom stereocenters. The molecule has 1 rings (SSSR count). The van der Waals surface area contributed by atoms with Gasteiger partial charge in [0.05, 0.1) is 13.1 Å². The van der Waals surface area contributed by atoms with Crippen LogP contribution in [0.4, 0.5) is 8.78 Å². The van der Waals surface area contributed by atoms with Crippen LogP contribution in [0.2, 0.25) is 0 Å². The van der Waals surface area contributed by atoms with Gasteiger partial charge in [0.2, 0.25) is 0 Å². The summed E-state index contributed by atoms with van der Waals surface area (Å²) in [6.45, 7) is 0.837. The van der Waals surface area contributed by atoms with Crippen LogP contribution >= 0.6 is 0 Å². The molecule has 0 aromatic carbocycles. The topological polar surface area (TPSA) is 60.0 Å². The average Bonchev–Trinajstić information content (AvgIpc) is 2.51. The van der Waals surface area contributed by atoms with Gasteiger partial charge < -0.3 is 5.73 Å². The largest absolute Gasteiger partial charge is 0.329 e. The van der Waals surface area contributed by atoms with Gasteiger partial charge in [-0.3, -0.25) is 9.58 Å². The Morgan fingerprint density at radius 2 is 2.33 bits per heavy atom. The van der Waals surface area contributed by atoms with E-state index in [-0.39, 0.29) is 6.54 Å². The monoisotopic (exact) mass is 219 g/mol. The molecule has 0 fully saturated rings. The molecule has 1 aromatic rings. The van der Waals surface area contributed by atoms with Gasteiger partial charge in [-0.2, -0.15) is 5.10 Å². The zero-order valence-corrected chi connectivity index (χ0v) is 8.61. The van der Waals surface area contributed by atoms with Crippen molar-refractivity contribution in [3.05, 3.63) is 12.2 Å². The Balaban J connectivity index is 2.54. The third-order valence-electron chi connectivity index (χ3n) is 2.01. The Hall–Kier alpha value is -1.08. The molecule has 1 heterocycles. The minimum Gasteiger partial charge on any atom is -0.329 e. The smallest absolute Gasteiger partial charge is 0.251 e. The number of nitrogens with zero attached hydrogens (tertiary/aromatic N) is 4. The lowest BCUT2D eigenvalue weighted by atomic mass is 10.4. The summed E-state index contributed by atoms with van der Waals surface area (Å²) in [6, 6.07) is 0. The molecule has 7 heteroatoms. The van der Waals surface area contributed by atoms with Crippen LogP contribution < -0.4 is 5.73 Å². The highest BCUT2D eigenvalue weighted by molar-refractivity contribution is 4.83. The highest BCUT2D eigenvalue weighted by Gasteiger charge is 2.13. The number of nitrogens with two attached hydrogens (primary N) is 1. The first kappa shape index (κ1) is 12.0. The SMILES string of the molecule is Cn1ncnc1CN(CCN)CC(F)F. The molecule has 0 radical (unpaired) electrons. The summed E-state index contributed by atoms with van der Waals surface area (Å²) < 4.78 is 26.0. The van der Waals surface area contributed by atoms with E-state index < -0.39 is 6.43 Å². The fraction of sp³-hybridized carbons (Fsp3) is 0.750. The van der Waals surface area contributed by atoms with Gasteiger partial charge in [0.25, 0.3) is 6.43 Å². The van der Waals surface area contributed by atoms with Crippen molar-refractivity contribution in [3.63, 3.8) is 0 Å². The zero-order valence-electron chi connectivity index (χ0n) is 8.61. The van der Waals surface area contributed by atoms with Gasteiger partial charge in [0.1, 0.15) is 12.2 Å². The van der Waals surface area contributed by atoms with Crippen molar-refractivity contribution in [2.24, 2.45) is 12.8 Å². The zero-order chi connectivity index (χ0) is 11.3. The summed E-state index contributed by atoms with van der Waals surface area (Å²) in [5.41, 5.74) is 5.34. The summed E-state index contributed by atoms with van der Waals surface area (Å²) in [6.07, 6.45) is -0.956. The van der Waals surface area contributed by atoms with Crippen molar-refractivity contribution in [1.29, 1.82) is 0 Å². The normalized spacial score (nSPS) is 11.6. The van der Waals surface area contributed by atoms with Gasteiger partial charge in [-0.1, -0.05) is 0 Å². The Morgan fingerprint density at radius 1 is 1.60 bits per heavy atom. The van der Waals surface area contributed by atoms with Crippen LogP contribution in [0, 0.1) is 0 Å². The van der Waals surface area contributed by atoms with Crippen molar-refractivity contribution in [3.8, 4) is 0 Å². The Labute approximate surface area is 86.9 Å². The van der Waals surface area contributed by atoms with Crippen molar-refractivity contribution < 1.29 is 8.78 Å². The average molecular weight is 219 g/mol. The van der Waals surface area contributed by atoms with Crippen molar-refractivity contribution in [2.45, 2.75) is 13.0 Å². The predicted octanol–water partition coefficient (Wildman–Crippen LogP) is -0.159. The second-order valence-electron chi connectivity index (χ2n) is 3.21. The van der Waals surface area contributed by atoms with Crippen LogP contribution in [0.25, 0.3) is 0 Å². The van der Waals surface area contributed by atoms with E-state index in [0.29, 0.717) is 25.5 Å². The van der Waals surface area contributed by atoms with Crippen LogP contribution in [0.15, 0.2) is 6.33 Å². The van der Waals surface area contributed by atoms with Gasteiger partial charge in [-0.25, -0.2) is 13.8 Å². The van der Waals surface area contributed by atoms with Crippen LogP contribution in [0.3, 0.4) is 0 Å². The lowest BCUT2D eigenvalue weighted by Gasteiger charge is -2.19. The van der Waals surface area contributed by atoms with Crippen molar-refractivity contribution >= 4 is 0 Å². The van der Waals surface area contributed by atoms with Gasteiger partial charge >= 0.3 is 0 Å². The molecule has 0 aliphatic rings. The second kappa shape index (κ2) is 5.72. The highest BCUT2D eigenvalue weighted by atomic mass is 19.3. The van der Waals surface area contributed by atoms with Crippen molar-refractivity contribution in [2.75, 3.05) is 19.6 Å². The maximum atomic E-state index is 12.2. The van der Waals surface area contributed by atoms with Gasteiger partial charge in [-0.05, 0) is 0 Å². The van der Waals surface area contributed by atoms with Crippen LogP contribution in [0.1, 0.15) is 5.82 Å². The fourth-order valence-corrected chi connectivity index (χ4v) is 1.28. The van der Waals surface area contributed by atoms with E-state index in [1.165, 1.54) is 6.33 Å². The van der Waals surface area contributed by atoms with Gasteiger partial charge in [0.15, 0.2) is 0 Å². The maximum absolute atomic E-state index is 12.2. The molecule has 0 bridgehead atoms. The summed E-state index contributed by atoms with van der Waals surface area (Å²) in [5, 5.41) is 3.87. The quantitative estimate of drug-likeness (QED) is 0.722. The second-order valence-corrected chi connectivity index (χ2v) is 3.21. The molecule has 0 saturated carbocycles. The number of aryl methyl sites for hydroxylation is 1. The maximum Gasteiger partial charge on any atom is 0.251 e. The molecular weight excluding hydrogens is 204 g/mol. The number of alkyl halides is 2. The number of hydrogen-bond acceptors (Lipinski definition) is 4. The predicted molar refractivity (Wildman–Crippen MR) is 51.3 cm³/mol. The fourth-order valence-electron chi connectivity index (χ4n) is 1.28. The molecule has 86 valence electrons. The molecule has 0 aliphatic heterocycles. The van der Waals surface area contributed by atoms with Crippen LogP contribution in [-0.4, -0.2) is 45.7 Å². The van der Waals surface area contributed by atoms with E-state index in [0.717, 1.165) is 0 Å². The first-order chi connectivity index (χ1) is 7.13. The Kier molecular flexibility index (Phi) is 4.57. The molecular formula is C8H15F2N5. The van der Waals surface area contributed by atoms with E-state index in [4.69, 9.17) is 5.73 Å². The van der Waals surface area contributed by atoms with Crippen molar-refractivity contribution in [1.82, 2.24) is 19.7 Å². The number of halogens is 2. The van der Waals surface area contributed by atoms with Gasteiger partial charge in [-0.15, -0.1) is 0 Å². The number of aromatic nitrogens is 3. The number of rotatable bonds is 6. The summed E-state index contributed by atoms with van der Waals surface area (Å²) >= 11 is 0. The van der Waals surface area contributed by atoms with Crippen LogP contribution in [0.5, 0.6) is 0 Å². The molecule has 2 N–H and O–H groups in total. The van der Waals surface area contributed by atoms with E-state index >= 15 is 0 Å². The summed E-state index contributed by atoms with van der Waals surface area (Å²) in [7, 11) is 1.73. The molecule has 1 aromatic heterocycles. The molecule has 0 amide bonds. The summed E-state index contributed by atoms with van der Waals surface area (Å²) in [5.74, 6) is 0.657.